The number of benzene rings is 2. The molecule has 0 fully saturated rings. The summed E-state index contributed by atoms with van der Waals surface area (Å²) in [5, 5.41) is 6.26. The van der Waals surface area contributed by atoms with E-state index in [1.807, 2.05) is 47.0 Å². The monoisotopic (exact) mass is 315 g/mol. The van der Waals surface area contributed by atoms with E-state index in [0.29, 0.717) is 5.02 Å². The van der Waals surface area contributed by atoms with Crippen molar-refractivity contribution < 1.29 is 4.74 Å². The molecule has 4 aromatic rings. The van der Waals surface area contributed by atoms with Gasteiger partial charge in [-0.1, -0.05) is 22.9 Å². The van der Waals surface area contributed by atoms with E-state index in [0.717, 1.165) is 32.3 Å². The molecule has 0 aliphatic carbocycles. The van der Waals surface area contributed by atoms with Crippen molar-refractivity contribution >= 4 is 38.9 Å². The number of fused-ring (bicyclic) bond motifs is 3. The molecule has 0 N–H and O–H groups in total. The average molecular weight is 316 g/mol. The SMILES string of the molecule is COc1ccc(-c2nn3c(nc4cc(Cl)ccc43)s2)cc1. The third-order valence-electron chi connectivity index (χ3n) is 3.28. The van der Waals surface area contributed by atoms with Gasteiger partial charge < -0.3 is 4.74 Å². The van der Waals surface area contributed by atoms with E-state index in [1.54, 1.807) is 18.4 Å². The molecule has 0 atom stereocenters. The Kier molecular flexibility index (Phi) is 2.83. The van der Waals surface area contributed by atoms with Gasteiger partial charge in [-0.25, -0.2) is 9.50 Å². The largest absolute Gasteiger partial charge is 0.497 e. The molecule has 6 heteroatoms. The lowest BCUT2D eigenvalue weighted by atomic mass is 10.2. The Morgan fingerprint density at radius 3 is 2.71 bits per heavy atom. The van der Waals surface area contributed by atoms with Crippen LogP contribution >= 0.6 is 22.9 Å². The number of halogens is 1. The van der Waals surface area contributed by atoms with Crippen molar-refractivity contribution in [1.82, 2.24) is 14.6 Å². The highest BCUT2D eigenvalue weighted by Gasteiger charge is 2.12. The van der Waals surface area contributed by atoms with Crippen molar-refractivity contribution in [2.75, 3.05) is 7.11 Å². The fourth-order valence-electron chi connectivity index (χ4n) is 2.23. The third kappa shape index (κ3) is 2.05. The Labute approximate surface area is 129 Å². The second-order valence-electron chi connectivity index (χ2n) is 4.57. The minimum Gasteiger partial charge on any atom is -0.497 e. The summed E-state index contributed by atoms with van der Waals surface area (Å²) < 4.78 is 7.03. The summed E-state index contributed by atoms with van der Waals surface area (Å²) in [4.78, 5) is 5.43. The third-order valence-corrected chi connectivity index (χ3v) is 4.47. The van der Waals surface area contributed by atoms with Gasteiger partial charge >= 0.3 is 0 Å². The van der Waals surface area contributed by atoms with Crippen molar-refractivity contribution in [2.24, 2.45) is 0 Å². The lowest BCUT2D eigenvalue weighted by Crippen LogP contribution is -1.85. The van der Waals surface area contributed by atoms with Crippen LogP contribution in [0.3, 0.4) is 0 Å². The van der Waals surface area contributed by atoms with Crippen molar-refractivity contribution in [1.29, 1.82) is 0 Å². The van der Waals surface area contributed by atoms with Crippen LogP contribution in [0.5, 0.6) is 5.75 Å². The van der Waals surface area contributed by atoms with Gasteiger partial charge in [0.05, 0.1) is 18.1 Å². The minimum absolute atomic E-state index is 0.684. The molecule has 0 saturated heterocycles. The minimum atomic E-state index is 0.684. The molecular formula is C15H10ClN3OS. The van der Waals surface area contributed by atoms with Crippen molar-refractivity contribution in [3.8, 4) is 16.3 Å². The molecule has 0 spiro atoms. The summed E-state index contributed by atoms with van der Waals surface area (Å²) in [6, 6.07) is 13.5. The Bertz CT molecular complexity index is 943. The second kappa shape index (κ2) is 4.72. The topological polar surface area (TPSA) is 39.4 Å². The summed E-state index contributed by atoms with van der Waals surface area (Å²) in [6.07, 6.45) is 0. The molecule has 0 aliphatic rings. The molecule has 0 amide bonds. The highest BCUT2D eigenvalue weighted by molar-refractivity contribution is 7.19. The summed E-state index contributed by atoms with van der Waals surface area (Å²) in [5.74, 6) is 0.833. The molecule has 0 saturated carbocycles. The second-order valence-corrected chi connectivity index (χ2v) is 5.97. The zero-order valence-corrected chi connectivity index (χ0v) is 12.6. The van der Waals surface area contributed by atoms with Crippen molar-refractivity contribution in [3.05, 3.63) is 47.5 Å². The highest BCUT2D eigenvalue weighted by atomic mass is 35.5. The van der Waals surface area contributed by atoms with Crippen LogP contribution in [0.1, 0.15) is 0 Å². The quantitative estimate of drug-likeness (QED) is 0.554. The maximum atomic E-state index is 5.99. The van der Waals surface area contributed by atoms with Crippen molar-refractivity contribution in [3.63, 3.8) is 0 Å². The molecule has 21 heavy (non-hydrogen) atoms. The van der Waals surface area contributed by atoms with Crippen LogP contribution in [0.4, 0.5) is 0 Å². The fraction of sp³-hybridized carbons (Fsp3) is 0.0667. The number of ether oxygens (including phenoxy) is 1. The summed E-state index contributed by atoms with van der Waals surface area (Å²) in [7, 11) is 1.66. The number of rotatable bonds is 2. The average Bonchev–Trinajstić information content (AvgIpc) is 3.04. The van der Waals surface area contributed by atoms with Gasteiger partial charge in [-0.15, -0.1) is 0 Å². The Hall–Kier alpha value is -2.11. The first-order valence-electron chi connectivity index (χ1n) is 6.34. The van der Waals surface area contributed by atoms with E-state index in [1.165, 1.54) is 0 Å². The van der Waals surface area contributed by atoms with E-state index >= 15 is 0 Å². The standard InChI is InChI=1S/C15H10ClN3OS/c1-20-11-5-2-9(3-6-11)14-18-19-13-7-4-10(16)8-12(13)17-15(19)21-14/h2-8H,1H3. The molecule has 0 radical (unpaired) electrons. The number of hydrogen-bond donors (Lipinski definition) is 0. The molecule has 2 aromatic carbocycles. The van der Waals surface area contributed by atoms with Crippen LogP contribution in [-0.4, -0.2) is 21.7 Å². The molecule has 104 valence electrons. The van der Waals surface area contributed by atoms with Gasteiger partial charge in [0.25, 0.3) is 0 Å². The van der Waals surface area contributed by atoms with Crippen LogP contribution in [0.15, 0.2) is 42.5 Å². The van der Waals surface area contributed by atoms with Crippen LogP contribution < -0.4 is 4.74 Å². The molecule has 4 nitrogen and oxygen atoms in total. The number of hydrogen-bond acceptors (Lipinski definition) is 4. The van der Waals surface area contributed by atoms with Gasteiger partial charge in [0.2, 0.25) is 4.96 Å². The number of aromatic nitrogens is 3. The lowest BCUT2D eigenvalue weighted by Gasteiger charge is -1.99. The number of imidazole rings is 1. The highest BCUT2D eigenvalue weighted by Crippen LogP contribution is 2.30. The Balaban J connectivity index is 1.86. The molecule has 2 heterocycles. The maximum Gasteiger partial charge on any atom is 0.213 e. The summed E-state index contributed by atoms with van der Waals surface area (Å²) >= 11 is 7.54. The first-order valence-corrected chi connectivity index (χ1v) is 7.53. The molecule has 0 aliphatic heterocycles. The van der Waals surface area contributed by atoms with Crippen LogP contribution in [0.2, 0.25) is 5.02 Å². The zero-order valence-electron chi connectivity index (χ0n) is 11.1. The molecule has 4 rings (SSSR count). The molecule has 2 aromatic heterocycles. The van der Waals surface area contributed by atoms with Gasteiger partial charge in [0.15, 0.2) is 0 Å². The van der Waals surface area contributed by atoms with Crippen molar-refractivity contribution in [2.45, 2.75) is 0 Å². The number of methoxy groups -OCH3 is 1. The Morgan fingerprint density at radius 1 is 1.14 bits per heavy atom. The van der Waals surface area contributed by atoms with E-state index < -0.39 is 0 Å². The van der Waals surface area contributed by atoms with Gasteiger partial charge in [-0.05, 0) is 42.5 Å². The first-order chi connectivity index (χ1) is 10.2. The van der Waals surface area contributed by atoms with E-state index in [2.05, 4.69) is 10.1 Å². The van der Waals surface area contributed by atoms with E-state index in [9.17, 15) is 0 Å². The predicted molar refractivity (Wildman–Crippen MR) is 85.4 cm³/mol. The van der Waals surface area contributed by atoms with Gasteiger partial charge in [0, 0.05) is 10.6 Å². The lowest BCUT2D eigenvalue weighted by molar-refractivity contribution is 0.415. The van der Waals surface area contributed by atoms with Gasteiger partial charge in [-0.3, -0.25) is 0 Å². The fourth-order valence-corrected chi connectivity index (χ4v) is 3.31. The molecule has 0 unspecified atom stereocenters. The van der Waals surface area contributed by atoms with E-state index in [-0.39, 0.29) is 0 Å². The summed E-state index contributed by atoms with van der Waals surface area (Å²) in [6.45, 7) is 0. The van der Waals surface area contributed by atoms with E-state index in [4.69, 9.17) is 16.3 Å². The smallest absolute Gasteiger partial charge is 0.213 e. The normalized spacial score (nSPS) is 11.3. The zero-order chi connectivity index (χ0) is 14.4. The molecule has 0 bridgehead atoms. The predicted octanol–water partition coefficient (Wildman–Crippen LogP) is 4.27. The van der Waals surface area contributed by atoms with Crippen LogP contribution in [-0.2, 0) is 0 Å². The van der Waals surface area contributed by atoms with Gasteiger partial charge in [0.1, 0.15) is 10.8 Å². The Morgan fingerprint density at radius 2 is 1.95 bits per heavy atom. The van der Waals surface area contributed by atoms with Crippen LogP contribution in [0, 0.1) is 0 Å². The van der Waals surface area contributed by atoms with Gasteiger partial charge in [-0.2, -0.15) is 5.10 Å². The maximum absolute atomic E-state index is 5.99. The summed E-state index contributed by atoms with van der Waals surface area (Å²) in [5.41, 5.74) is 2.88. The van der Waals surface area contributed by atoms with Crippen LogP contribution in [0.25, 0.3) is 26.6 Å². The molecular weight excluding hydrogens is 306 g/mol. The first kappa shape index (κ1) is 12.6. The number of nitrogens with zero attached hydrogens (tertiary/aromatic N) is 3.